The quantitative estimate of drug-likeness (QED) is 0.0875. The Balaban J connectivity index is 0.00000270. The molecule has 49 heavy (non-hydrogen) atoms. The second-order valence-corrected chi connectivity index (χ2v) is 13.3. The van der Waals surface area contributed by atoms with Crippen molar-refractivity contribution in [3.8, 4) is 5.75 Å². The molecule has 0 aliphatic carbocycles. The van der Waals surface area contributed by atoms with Crippen LogP contribution in [0.4, 0.5) is 0 Å². The Morgan fingerprint density at radius 1 is 1.02 bits per heavy atom. The number of para-hydroxylation sites is 1. The number of piperazine rings is 1. The maximum Gasteiger partial charge on any atom is 1.00 e. The van der Waals surface area contributed by atoms with Gasteiger partial charge >= 0.3 is 59.1 Å². The standard InChI is InChI=1S/C33H34N5O7PS.2Na/c1-2-17-36-21-31(40)37-27(18-24-11-14-26(15-12-24)45-46(42,43)44)33(41)35(19-25-9-6-10-28-32(25)34-22-47-28)20-29(37)38(36)30(39)16-13-23-7-4-3-5-8-23;;/h2-12,14-15,22,27,29H,1,13,16-21H2,(H2,42,43,44);;/q;2*+1/p-2/t27-,29-;;/m0../s1. The summed E-state index contributed by atoms with van der Waals surface area (Å²) in [5.41, 5.74) is 5.00. The van der Waals surface area contributed by atoms with Gasteiger partial charge in [0.15, 0.2) is 0 Å². The van der Waals surface area contributed by atoms with E-state index in [1.807, 2.05) is 48.5 Å². The number of phosphoric ester groups is 1. The van der Waals surface area contributed by atoms with Gasteiger partial charge in [-0.25, -0.2) is 15.0 Å². The van der Waals surface area contributed by atoms with Gasteiger partial charge in [0.25, 0.3) is 0 Å². The number of fused-ring (bicyclic) bond motifs is 2. The van der Waals surface area contributed by atoms with Crippen molar-refractivity contribution in [1.82, 2.24) is 24.8 Å². The average molecular weight is 720 g/mol. The molecule has 2 fully saturated rings. The Bertz CT molecular complexity index is 1840. The molecule has 244 valence electrons. The molecule has 6 rings (SSSR count). The number of hydrogen-bond acceptors (Lipinski definition) is 10. The van der Waals surface area contributed by atoms with E-state index >= 15 is 0 Å². The van der Waals surface area contributed by atoms with Crippen molar-refractivity contribution in [2.24, 2.45) is 0 Å². The first-order valence-corrected chi connectivity index (χ1v) is 17.4. The molecule has 3 amide bonds. The average Bonchev–Trinajstić information content (AvgIpc) is 3.53. The van der Waals surface area contributed by atoms with Crippen LogP contribution in [0.5, 0.6) is 5.75 Å². The van der Waals surface area contributed by atoms with Crippen LogP contribution >= 0.6 is 19.2 Å². The third-order valence-electron chi connectivity index (χ3n) is 8.27. The number of nitrogens with zero attached hydrogens (tertiary/aromatic N) is 5. The predicted octanol–water partition coefficient (Wildman–Crippen LogP) is -3.50. The zero-order chi connectivity index (χ0) is 33.1. The Morgan fingerprint density at radius 2 is 1.76 bits per heavy atom. The maximum atomic E-state index is 14.3. The van der Waals surface area contributed by atoms with Crippen LogP contribution in [0.3, 0.4) is 0 Å². The monoisotopic (exact) mass is 719 g/mol. The number of thiazole rings is 1. The number of hydrogen-bond donors (Lipinski definition) is 0. The molecule has 3 heterocycles. The van der Waals surface area contributed by atoms with Gasteiger partial charge in [-0.15, -0.1) is 17.9 Å². The molecule has 0 saturated carbocycles. The van der Waals surface area contributed by atoms with Crippen LogP contribution in [0.1, 0.15) is 23.1 Å². The molecule has 0 radical (unpaired) electrons. The molecule has 3 aromatic carbocycles. The molecule has 0 spiro atoms. The van der Waals surface area contributed by atoms with Gasteiger partial charge < -0.3 is 28.7 Å². The molecule has 2 saturated heterocycles. The number of carbonyl (C=O) groups excluding carboxylic acids is 3. The molecule has 4 aromatic rings. The SMILES string of the molecule is C=CCN1CC(=O)N2[C@@H](Cc3ccc(OP(=O)([O-])[O-])cc3)C(=O)N(Cc3cccc4scnc34)C[C@@H]2N1C(=O)CCc1ccccc1.[Na+].[Na+]. The molecule has 2 atom stereocenters. The molecule has 2 aliphatic heterocycles. The van der Waals surface area contributed by atoms with Gasteiger partial charge in [0.05, 0.1) is 28.8 Å². The summed E-state index contributed by atoms with van der Waals surface area (Å²) in [6, 6.07) is 20.2. The van der Waals surface area contributed by atoms with Gasteiger partial charge in [0, 0.05) is 25.9 Å². The van der Waals surface area contributed by atoms with Crippen LogP contribution in [-0.4, -0.2) is 74.4 Å². The van der Waals surface area contributed by atoms with Crippen LogP contribution in [0.25, 0.3) is 10.2 Å². The van der Waals surface area contributed by atoms with Crippen molar-refractivity contribution >= 4 is 47.1 Å². The van der Waals surface area contributed by atoms with Crippen molar-refractivity contribution < 1.29 is 92.4 Å². The number of hydrazine groups is 1. The number of phosphoric acid groups is 1. The van der Waals surface area contributed by atoms with Crippen LogP contribution in [-0.2, 0) is 38.3 Å². The van der Waals surface area contributed by atoms with Crippen molar-refractivity contribution in [3.63, 3.8) is 0 Å². The Kier molecular flexibility index (Phi) is 13.8. The summed E-state index contributed by atoms with van der Waals surface area (Å²) in [7, 11) is -5.25. The second-order valence-electron chi connectivity index (χ2n) is 11.4. The van der Waals surface area contributed by atoms with E-state index in [1.165, 1.54) is 28.4 Å². The van der Waals surface area contributed by atoms with Crippen LogP contribution in [0.15, 0.2) is 91.0 Å². The van der Waals surface area contributed by atoms with E-state index in [-0.39, 0.29) is 122 Å². The third-order valence-corrected chi connectivity index (χ3v) is 9.50. The molecule has 1 aromatic heterocycles. The largest absolute Gasteiger partial charge is 1.00 e. The number of aromatic nitrogens is 1. The Hall–Kier alpha value is -2.39. The minimum absolute atomic E-state index is 0. The van der Waals surface area contributed by atoms with Crippen molar-refractivity contribution in [2.45, 2.75) is 38.0 Å². The fraction of sp³-hybridized carbons (Fsp3) is 0.273. The van der Waals surface area contributed by atoms with Crippen molar-refractivity contribution in [1.29, 1.82) is 0 Å². The first kappa shape index (κ1) is 39.4. The first-order valence-electron chi connectivity index (χ1n) is 15.0. The summed E-state index contributed by atoms with van der Waals surface area (Å²) in [6.07, 6.45) is 1.63. The minimum Gasteiger partial charge on any atom is -0.780 e. The molecule has 0 unspecified atom stereocenters. The molecule has 2 aliphatic rings. The van der Waals surface area contributed by atoms with E-state index in [2.05, 4.69) is 16.1 Å². The molecule has 0 N–H and O–H groups in total. The molecule has 12 nitrogen and oxygen atoms in total. The van der Waals surface area contributed by atoms with E-state index < -0.39 is 20.0 Å². The normalized spacial score (nSPS) is 18.0. The molecule has 0 bridgehead atoms. The van der Waals surface area contributed by atoms with E-state index in [4.69, 9.17) is 0 Å². The zero-order valence-electron chi connectivity index (χ0n) is 27.3. The number of carbonyl (C=O) groups is 3. The fourth-order valence-electron chi connectivity index (χ4n) is 6.23. The zero-order valence-corrected chi connectivity index (χ0v) is 33.1. The summed E-state index contributed by atoms with van der Waals surface area (Å²) < 4.78 is 16.5. The van der Waals surface area contributed by atoms with E-state index in [0.717, 1.165) is 21.3 Å². The van der Waals surface area contributed by atoms with Gasteiger partial charge in [-0.2, -0.15) is 0 Å². The Labute approximate surface area is 332 Å². The summed E-state index contributed by atoms with van der Waals surface area (Å²) in [4.78, 5) is 72.0. The number of rotatable bonds is 11. The van der Waals surface area contributed by atoms with Gasteiger partial charge in [0.1, 0.15) is 25.8 Å². The predicted molar refractivity (Wildman–Crippen MR) is 171 cm³/mol. The van der Waals surface area contributed by atoms with E-state index in [0.29, 0.717) is 12.0 Å². The van der Waals surface area contributed by atoms with Gasteiger partial charge in [-0.05, 0) is 41.3 Å². The number of amides is 3. The van der Waals surface area contributed by atoms with Crippen molar-refractivity contribution in [3.05, 3.63) is 108 Å². The number of benzene rings is 3. The fourth-order valence-corrected chi connectivity index (χ4v) is 7.34. The van der Waals surface area contributed by atoms with Crippen LogP contribution in [0, 0.1) is 0 Å². The van der Waals surface area contributed by atoms with Gasteiger partial charge in [-0.1, -0.05) is 60.7 Å². The van der Waals surface area contributed by atoms with Crippen molar-refractivity contribution in [2.75, 3.05) is 19.6 Å². The maximum absolute atomic E-state index is 14.3. The van der Waals surface area contributed by atoms with E-state index in [9.17, 15) is 28.7 Å². The van der Waals surface area contributed by atoms with Crippen LogP contribution in [0.2, 0.25) is 0 Å². The van der Waals surface area contributed by atoms with Gasteiger partial charge in [-0.3, -0.25) is 14.4 Å². The molecule has 16 heteroatoms. The molecular weight excluding hydrogens is 687 g/mol. The summed E-state index contributed by atoms with van der Waals surface area (Å²) in [5, 5.41) is 3.30. The minimum atomic E-state index is -5.25. The van der Waals surface area contributed by atoms with E-state index in [1.54, 1.807) is 38.6 Å². The van der Waals surface area contributed by atoms with Crippen LogP contribution < -0.4 is 73.4 Å². The topological polar surface area (TPSA) is 149 Å². The second kappa shape index (κ2) is 17.2. The summed E-state index contributed by atoms with van der Waals surface area (Å²) in [5.74, 6) is -0.937. The first-order chi connectivity index (χ1) is 22.6. The molecular formula is C33H32N5Na2O7PS. The smallest absolute Gasteiger partial charge is 0.780 e. The summed E-state index contributed by atoms with van der Waals surface area (Å²) >= 11 is 1.50. The Morgan fingerprint density at radius 3 is 2.45 bits per heavy atom. The third kappa shape index (κ3) is 9.29. The number of aryl methyl sites for hydroxylation is 1. The summed E-state index contributed by atoms with van der Waals surface area (Å²) in [6.45, 7) is 4.28. The van der Waals surface area contributed by atoms with Gasteiger partial charge in [0.2, 0.25) is 17.7 Å².